The molecule has 3 aromatic rings. The van der Waals surface area contributed by atoms with E-state index in [0.717, 1.165) is 60.2 Å². The molecule has 2 aliphatic rings. The third kappa shape index (κ3) is 5.33. The summed E-state index contributed by atoms with van der Waals surface area (Å²) in [5, 5.41) is 1.08. The molecule has 2 fully saturated rings. The fourth-order valence-electron chi connectivity index (χ4n) is 5.03. The van der Waals surface area contributed by atoms with Crippen LogP contribution < -0.4 is 4.90 Å². The van der Waals surface area contributed by atoms with Crippen LogP contribution in [-0.2, 0) is 16.0 Å². The number of carbonyl (C=O) groups is 1. The summed E-state index contributed by atoms with van der Waals surface area (Å²) in [5.41, 5.74) is 4.56. The molecule has 7 heteroatoms. The van der Waals surface area contributed by atoms with E-state index < -0.39 is 0 Å². The second-order valence-corrected chi connectivity index (χ2v) is 11.2. The van der Waals surface area contributed by atoms with Gasteiger partial charge in [0, 0.05) is 31.1 Å². The number of thiocarbonyl (C=S) groups is 1. The number of ether oxygens (including phenoxy) is 1. The smallest absolute Gasteiger partial charge is 0.266 e. The third-order valence-corrected chi connectivity index (χ3v) is 8.39. The average molecular weight is 518 g/mol. The molecule has 1 aromatic heterocycles. The maximum atomic E-state index is 13.1. The van der Waals surface area contributed by atoms with Crippen LogP contribution in [0.4, 0.5) is 5.82 Å². The summed E-state index contributed by atoms with van der Waals surface area (Å²) in [4.78, 5) is 22.9. The molecule has 0 N–H and O–H groups in total. The number of benzene rings is 2. The van der Waals surface area contributed by atoms with E-state index in [4.69, 9.17) is 21.9 Å². The van der Waals surface area contributed by atoms with Gasteiger partial charge in [-0.3, -0.25) is 9.69 Å². The van der Waals surface area contributed by atoms with Crippen LogP contribution in [0.2, 0.25) is 0 Å². The zero-order valence-electron chi connectivity index (χ0n) is 20.8. The Morgan fingerprint density at radius 3 is 2.67 bits per heavy atom. The van der Waals surface area contributed by atoms with Crippen molar-refractivity contribution in [2.45, 2.75) is 26.2 Å². The van der Waals surface area contributed by atoms with Gasteiger partial charge in [0.1, 0.15) is 10.1 Å². The number of rotatable bonds is 7. The minimum Gasteiger partial charge on any atom is -0.383 e. The minimum absolute atomic E-state index is 0.0566. The molecule has 0 spiro atoms. The molecule has 0 aliphatic carbocycles. The molecule has 2 aliphatic heterocycles. The predicted molar refractivity (Wildman–Crippen MR) is 153 cm³/mol. The van der Waals surface area contributed by atoms with Gasteiger partial charge in [0.15, 0.2) is 0 Å². The van der Waals surface area contributed by atoms with Crippen LogP contribution in [-0.4, -0.2) is 53.5 Å². The van der Waals surface area contributed by atoms with Gasteiger partial charge >= 0.3 is 0 Å². The van der Waals surface area contributed by atoms with Crippen LogP contribution in [0, 0.1) is 12.8 Å². The molecule has 0 unspecified atom stereocenters. The Morgan fingerprint density at radius 2 is 1.92 bits per heavy atom. The highest BCUT2D eigenvalue weighted by atomic mass is 32.2. The van der Waals surface area contributed by atoms with Crippen LogP contribution in [0.1, 0.15) is 29.5 Å². The quantitative estimate of drug-likeness (QED) is 0.289. The van der Waals surface area contributed by atoms with E-state index in [1.165, 1.54) is 17.3 Å². The molecule has 1 amide bonds. The summed E-state index contributed by atoms with van der Waals surface area (Å²) in [6.45, 7) is 4.94. The van der Waals surface area contributed by atoms with Crippen molar-refractivity contribution >= 4 is 57.0 Å². The monoisotopic (exact) mass is 517 g/mol. The fourth-order valence-corrected chi connectivity index (χ4v) is 6.33. The Hall–Kier alpha value is -2.74. The summed E-state index contributed by atoms with van der Waals surface area (Å²) in [6, 6.07) is 19.2. The molecule has 0 atom stereocenters. The lowest BCUT2D eigenvalue weighted by molar-refractivity contribution is -0.122. The average Bonchev–Trinajstić information content (AvgIpc) is 3.15. The molecular weight excluding hydrogens is 486 g/mol. The molecule has 3 heterocycles. The molecule has 2 aromatic carbocycles. The maximum absolute atomic E-state index is 13.1. The largest absolute Gasteiger partial charge is 0.383 e. The number of fused-ring (bicyclic) bond motifs is 1. The van der Waals surface area contributed by atoms with E-state index in [-0.39, 0.29) is 5.91 Å². The van der Waals surface area contributed by atoms with Gasteiger partial charge in [0.05, 0.1) is 23.6 Å². The first-order chi connectivity index (χ1) is 17.5. The van der Waals surface area contributed by atoms with Gasteiger partial charge in [-0.15, -0.1) is 0 Å². The summed E-state index contributed by atoms with van der Waals surface area (Å²) in [5.74, 6) is 1.57. The van der Waals surface area contributed by atoms with E-state index in [9.17, 15) is 4.79 Å². The summed E-state index contributed by atoms with van der Waals surface area (Å²) in [7, 11) is 1.63. The molecule has 0 saturated carbocycles. The van der Waals surface area contributed by atoms with Gasteiger partial charge in [-0.2, -0.15) is 0 Å². The molecule has 36 heavy (non-hydrogen) atoms. The molecule has 5 nitrogen and oxygen atoms in total. The summed E-state index contributed by atoms with van der Waals surface area (Å²) in [6.07, 6.45) is 5.35. The van der Waals surface area contributed by atoms with Crippen LogP contribution in [0.15, 0.2) is 59.5 Å². The van der Waals surface area contributed by atoms with E-state index in [1.807, 2.05) is 6.08 Å². The SMILES string of the molecule is COCCN1C(=O)/C(=C/c2cc3cccc(C)c3nc2N2CCC(Cc3ccccc3)CC2)SC1=S. The summed E-state index contributed by atoms with van der Waals surface area (Å²) >= 11 is 6.85. The van der Waals surface area contributed by atoms with E-state index >= 15 is 0 Å². The normalized spacial score (nSPS) is 18.1. The number of hydrogen-bond donors (Lipinski definition) is 0. The molecule has 186 valence electrons. The zero-order valence-corrected chi connectivity index (χ0v) is 22.4. The molecule has 2 saturated heterocycles. The van der Waals surface area contributed by atoms with E-state index in [1.54, 1.807) is 12.0 Å². The number of pyridine rings is 1. The molecule has 0 radical (unpaired) electrons. The number of hydrogen-bond acceptors (Lipinski definition) is 6. The molecule has 5 rings (SSSR count). The van der Waals surface area contributed by atoms with Crippen molar-refractivity contribution in [3.63, 3.8) is 0 Å². The van der Waals surface area contributed by atoms with Crippen LogP contribution in [0.3, 0.4) is 0 Å². The fraction of sp³-hybridized carbons (Fsp3) is 0.345. The van der Waals surface area contributed by atoms with Crippen molar-refractivity contribution in [1.82, 2.24) is 9.88 Å². The lowest BCUT2D eigenvalue weighted by Gasteiger charge is -2.34. The van der Waals surface area contributed by atoms with Gasteiger partial charge in [0.25, 0.3) is 5.91 Å². The lowest BCUT2D eigenvalue weighted by Crippen LogP contribution is -2.35. The number of carbonyl (C=O) groups excluding carboxylic acids is 1. The predicted octanol–water partition coefficient (Wildman–Crippen LogP) is 5.85. The first-order valence-corrected chi connectivity index (χ1v) is 13.7. The second-order valence-electron chi connectivity index (χ2n) is 9.49. The van der Waals surface area contributed by atoms with Crippen molar-refractivity contribution < 1.29 is 9.53 Å². The van der Waals surface area contributed by atoms with Crippen molar-refractivity contribution in [3.05, 3.63) is 76.2 Å². The van der Waals surface area contributed by atoms with Crippen LogP contribution in [0.25, 0.3) is 17.0 Å². The Labute approximate surface area is 222 Å². The van der Waals surface area contributed by atoms with Crippen LogP contribution >= 0.6 is 24.0 Å². The standard InChI is InChI=1S/C29H31N3O2S2/c1-20-7-6-10-23-18-24(19-25-28(33)32(15-16-34-2)29(35)36-25)27(30-26(20)23)31-13-11-22(12-14-31)17-21-8-4-3-5-9-21/h3-10,18-19,22H,11-17H2,1-2H3/b25-19-. The number of aromatic nitrogens is 1. The van der Waals surface area contributed by atoms with E-state index in [2.05, 4.69) is 66.4 Å². The number of anilines is 1. The number of aryl methyl sites for hydroxylation is 1. The Kier molecular flexibility index (Phi) is 7.70. The third-order valence-electron chi connectivity index (χ3n) is 7.02. The van der Waals surface area contributed by atoms with E-state index in [0.29, 0.717) is 28.3 Å². The Balaban J connectivity index is 1.43. The maximum Gasteiger partial charge on any atom is 0.266 e. The second kappa shape index (κ2) is 11.1. The van der Waals surface area contributed by atoms with Crippen molar-refractivity contribution in [2.75, 3.05) is 38.3 Å². The topological polar surface area (TPSA) is 45.7 Å². The van der Waals surface area contributed by atoms with Gasteiger partial charge in [0.2, 0.25) is 0 Å². The highest BCUT2D eigenvalue weighted by Gasteiger charge is 2.32. The first kappa shape index (κ1) is 24.9. The molecule has 0 bridgehead atoms. The number of methoxy groups -OCH3 is 1. The van der Waals surface area contributed by atoms with Crippen molar-refractivity contribution in [2.24, 2.45) is 5.92 Å². The number of amides is 1. The number of nitrogens with zero attached hydrogens (tertiary/aromatic N) is 3. The summed E-state index contributed by atoms with van der Waals surface area (Å²) < 4.78 is 5.74. The Morgan fingerprint density at radius 1 is 1.14 bits per heavy atom. The highest BCUT2D eigenvalue weighted by Crippen LogP contribution is 2.36. The number of para-hydroxylation sites is 1. The highest BCUT2D eigenvalue weighted by molar-refractivity contribution is 8.26. The van der Waals surface area contributed by atoms with Gasteiger partial charge in [-0.1, -0.05) is 72.5 Å². The zero-order chi connectivity index (χ0) is 25.1. The first-order valence-electron chi connectivity index (χ1n) is 12.5. The van der Waals surface area contributed by atoms with Gasteiger partial charge < -0.3 is 9.64 Å². The molecular formula is C29H31N3O2S2. The van der Waals surface area contributed by atoms with Gasteiger partial charge in [-0.25, -0.2) is 4.98 Å². The lowest BCUT2D eigenvalue weighted by atomic mass is 9.90. The van der Waals surface area contributed by atoms with Crippen molar-refractivity contribution in [1.29, 1.82) is 0 Å². The Bertz CT molecular complexity index is 1300. The number of piperidine rings is 1. The van der Waals surface area contributed by atoms with Crippen molar-refractivity contribution in [3.8, 4) is 0 Å². The minimum atomic E-state index is -0.0566. The van der Waals surface area contributed by atoms with Gasteiger partial charge in [-0.05, 0) is 55.4 Å². The van der Waals surface area contributed by atoms with Crippen LogP contribution in [0.5, 0.6) is 0 Å². The number of thioether (sulfide) groups is 1.